The van der Waals surface area contributed by atoms with Crippen molar-refractivity contribution in [3.8, 4) is 0 Å². The van der Waals surface area contributed by atoms with Crippen LogP contribution in [-0.2, 0) is 17.1 Å². The number of hydrogen-bond acceptors (Lipinski definition) is 0. The van der Waals surface area contributed by atoms with E-state index < -0.39 is 0 Å². The Bertz CT molecular complexity index is 12.9. The summed E-state index contributed by atoms with van der Waals surface area (Å²) in [7, 11) is 0. The molecule has 0 aliphatic heterocycles. The summed E-state index contributed by atoms with van der Waals surface area (Å²) in [5.41, 5.74) is 0. The van der Waals surface area contributed by atoms with Crippen LogP contribution in [0.4, 0.5) is 0 Å². The minimum atomic E-state index is 0. The van der Waals surface area contributed by atoms with E-state index in [0.717, 1.165) is 0 Å². The molecule has 7 heteroatoms. The van der Waals surface area contributed by atoms with Gasteiger partial charge in [0.1, 0.15) is 0 Å². The third kappa shape index (κ3) is 38.5. The molecule has 0 aromatic heterocycles. The molecular weight excluding hydrogens is 468 g/mol. The fraction of sp³-hybridized carbons (Fsp3) is 0. The molecule has 3 radical (unpaired) electrons. The van der Waals surface area contributed by atoms with Crippen molar-refractivity contribution in [1.82, 2.24) is 0 Å². The molecule has 0 fully saturated rings. The Kier molecular flexibility index (Phi) is 451. The summed E-state index contributed by atoms with van der Waals surface area (Å²) >= 11 is 0. The maximum atomic E-state index is 0. The first-order chi connectivity index (χ1) is 0. The first-order valence-electron chi connectivity index (χ1n) is 0. The van der Waals surface area contributed by atoms with Crippen LogP contribution in [0.5, 0.6) is 0 Å². The average Bonchev–Trinajstić information content (AvgIpc) is 0. The summed E-state index contributed by atoms with van der Waals surface area (Å²) in [6, 6.07) is 0. The maximum absolute atomic E-state index is 0. The van der Waals surface area contributed by atoms with Gasteiger partial charge in [-0.05, 0) is 0 Å². The van der Waals surface area contributed by atoms with E-state index >= 15 is 0 Å². The average molecular weight is 476 g/mol. The predicted molar refractivity (Wildman–Crippen MR) is 19.4 cm³/mol. The van der Waals surface area contributed by atoms with Gasteiger partial charge in [-0.2, -0.15) is 0 Å². The minimum absolute atomic E-state index is 0. The van der Waals surface area contributed by atoms with Gasteiger partial charge in [0.15, 0.2) is 0 Å². The van der Waals surface area contributed by atoms with Gasteiger partial charge in [0.2, 0.25) is 0 Å². The molecule has 0 aromatic carbocycles. The Morgan fingerprint density at radius 1 is 0.571 bits per heavy atom. The van der Waals surface area contributed by atoms with E-state index in [-0.39, 0.29) is 150 Å². The molecule has 0 aliphatic rings. The van der Waals surface area contributed by atoms with Gasteiger partial charge < -0.3 is 16.4 Å². The van der Waals surface area contributed by atoms with Crippen molar-refractivity contribution in [3.05, 3.63) is 0 Å². The molecule has 0 unspecified atom stereocenters. The Labute approximate surface area is 146 Å². The molecule has 0 rings (SSSR count). The predicted octanol–water partition coefficient (Wildman–Crippen LogP) is -3.39. The van der Waals surface area contributed by atoms with E-state index in [1.807, 2.05) is 0 Å². The fourth-order valence-corrected chi connectivity index (χ4v) is 0. The second-order valence-electron chi connectivity index (χ2n) is 0. The van der Waals surface area contributed by atoms with E-state index in [2.05, 4.69) is 0 Å². The number of rotatable bonds is 0. The van der Waals surface area contributed by atoms with Gasteiger partial charge in [-0.1, -0.05) is 0 Å². The molecule has 7 heavy (non-hydrogen) atoms. The molecule has 3 nitrogen and oxygen atoms in total. The quantitative estimate of drug-likeness (QED) is 0.326. The van der Waals surface area contributed by atoms with Crippen LogP contribution in [0, 0.1) is 71.2 Å². The molecule has 0 amide bonds. The standard InChI is InChI=1S/2La.Mn.3H2O.Sr.2H/h;;;3*1H2;;;. The van der Waals surface area contributed by atoms with E-state index in [9.17, 15) is 0 Å². The van der Waals surface area contributed by atoms with Gasteiger partial charge in [0.05, 0.1) is 0 Å². The van der Waals surface area contributed by atoms with Crippen LogP contribution >= 0.6 is 0 Å². The zero-order valence-corrected chi connectivity index (χ0v) is 11.5. The molecule has 0 spiro atoms. The van der Waals surface area contributed by atoms with Gasteiger partial charge in [0, 0.05) is 88.3 Å². The molecule has 0 saturated heterocycles. The zero-order valence-electron chi connectivity index (χ0n) is 3.03. The van der Waals surface area contributed by atoms with Crippen LogP contribution < -0.4 is 0 Å². The topological polar surface area (TPSA) is 94.5 Å². The Morgan fingerprint density at radius 3 is 0.571 bits per heavy atom. The van der Waals surface area contributed by atoms with Crippen molar-refractivity contribution in [2.75, 3.05) is 0 Å². The Balaban J connectivity index is 0. The van der Waals surface area contributed by atoms with Gasteiger partial charge >= 0.3 is 45.5 Å². The molecule has 0 aromatic rings. The van der Waals surface area contributed by atoms with Crippen LogP contribution in [-0.4, -0.2) is 61.9 Å². The molecule has 41 valence electrons. The normalized spacial score (nSPS) is 0. The van der Waals surface area contributed by atoms with Crippen LogP contribution in [0.1, 0.15) is 0 Å². The van der Waals surface area contributed by atoms with E-state index in [1.165, 1.54) is 0 Å². The van der Waals surface area contributed by atoms with Crippen molar-refractivity contribution >= 4 is 45.5 Å². The second kappa shape index (κ2) is 48.4. The molecule has 0 heterocycles. The SMILES string of the molecule is O.O.O.[La].[La].[Mn].[SrH2]. The molecule has 6 N–H and O–H groups in total. The summed E-state index contributed by atoms with van der Waals surface area (Å²) in [6.07, 6.45) is 0. The number of hydrogen-bond donors (Lipinski definition) is 0. The summed E-state index contributed by atoms with van der Waals surface area (Å²) in [5.74, 6) is 0. The van der Waals surface area contributed by atoms with Gasteiger partial charge in [-0.25, -0.2) is 0 Å². The van der Waals surface area contributed by atoms with Crippen molar-refractivity contribution in [1.29, 1.82) is 0 Å². The van der Waals surface area contributed by atoms with Gasteiger partial charge in [-0.3, -0.25) is 0 Å². The first-order valence-corrected chi connectivity index (χ1v) is 0. The van der Waals surface area contributed by atoms with Crippen LogP contribution in [0.25, 0.3) is 0 Å². The molecule has 0 bridgehead atoms. The zero-order chi connectivity index (χ0) is 0. The Morgan fingerprint density at radius 2 is 0.571 bits per heavy atom. The summed E-state index contributed by atoms with van der Waals surface area (Å²) < 4.78 is 0. The molecule has 0 aliphatic carbocycles. The van der Waals surface area contributed by atoms with Crippen LogP contribution in [0.2, 0.25) is 0 Å². The van der Waals surface area contributed by atoms with E-state index in [4.69, 9.17) is 0 Å². The molecular formula is H8La2MnO3Sr. The van der Waals surface area contributed by atoms with Crippen molar-refractivity contribution in [3.63, 3.8) is 0 Å². The van der Waals surface area contributed by atoms with Crippen molar-refractivity contribution in [2.24, 2.45) is 0 Å². The third-order valence-electron chi connectivity index (χ3n) is 0. The first kappa shape index (κ1) is 65.2. The van der Waals surface area contributed by atoms with Crippen molar-refractivity contribution < 1.29 is 105 Å². The fourth-order valence-electron chi connectivity index (χ4n) is 0. The Hall–Kier alpha value is 4.27. The second-order valence-corrected chi connectivity index (χ2v) is 0. The van der Waals surface area contributed by atoms with Crippen molar-refractivity contribution in [2.45, 2.75) is 0 Å². The third-order valence-corrected chi connectivity index (χ3v) is 0. The summed E-state index contributed by atoms with van der Waals surface area (Å²) in [6.45, 7) is 0. The summed E-state index contributed by atoms with van der Waals surface area (Å²) in [4.78, 5) is 0. The summed E-state index contributed by atoms with van der Waals surface area (Å²) in [5, 5.41) is 0. The van der Waals surface area contributed by atoms with Gasteiger partial charge in [-0.15, -0.1) is 0 Å². The monoisotopic (exact) mass is 477 g/mol. The molecule has 0 saturated carbocycles. The van der Waals surface area contributed by atoms with E-state index in [1.54, 1.807) is 0 Å². The van der Waals surface area contributed by atoms with Crippen LogP contribution in [0.15, 0.2) is 0 Å². The van der Waals surface area contributed by atoms with Gasteiger partial charge in [0.25, 0.3) is 0 Å². The molecule has 0 atom stereocenters. The van der Waals surface area contributed by atoms with Crippen LogP contribution in [0.3, 0.4) is 0 Å². The van der Waals surface area contributed by atoms with E-state index in [0.29, 0.717) is 0 Å².